The normalized spacial score (nSPS) is 24.5. The van der Waals surface area contributed by atoms with Gasteiger partial charge in [0.05, 0.1) is 29.0 Å². The smallest absolute Gasteiger partial charge is 0.321 e. The second kappa shape index (κ2) is 8.38. The number of carbonyl (C=O) groups excluding carboxylic acids is 1. The van der Waals surface area contributed by atoms with Gasteiger partial charge in [-0.2, -0.15) is 0 Å². The number of hydrogen-bond acceptors (Lipinski definition) is 4. The van der Waals surface area contributed by atoms with E-state index in [9.17, 15) is 4.79 Å². The van der Waals surface area contributed by atoms with E-state index in [0.717, 1.165) is 43.0 Å². The molecular weight excluding hydrogens is 412 g/mol. The zero-order valence-corrected chi connectivity index (χ0v) is 18.2. The zero-order valence-electron chi connectivity index (χ0n) is 17.4. The van der Waals surface area contributed by atoms with Crippen LogP contribution in [0.15, 0.2) is 47.6 Å². The van der Waals surface area contributed by atoms with Crippen LogP contribution in [0.5, 0.6) is 0 Å². The number of likely N-dealkylation sites (tertiary alicyclic amines) is 1. The summed E-state index contributed by atoms with van der Waals surface area (Å²) in [7, 11) is 0. The van der Waals surface area contributed by atoms with Crippen molar-refractivity contribution < 1.29 is 4.79 Å². The highest BCUT2D eigenvalue weighted by Crippen LogP contribution is 2.36. The minimum Gasteiger partial charge on any atom is -0.368 e. The van der Waals surface area contributed by atoms with Gasteiger partial charge in [-0.3, -0.25) is 4.99 Å². The number of para-hydroxylation sites is 1. The van der Waals surface area contributed by atoms with E-state index in [2.05, 4.69) is 20.9 Å². The fourth-order valence-electron chi connectivity index (χ4n) is 4.81. The predicted octanol–water partition coefficient (Wildman–Crippen LogP) is 4.98. The van der Waals surface area contributed by atoms with E-state index in [1.807, 2.05) is 35.2 Å². The Morgan fingerprint density at radius 1 is 1.19 bits per heavy atom. The van der Waals surface area contributed by atoms with Crippen LogP contribution in [0.4, 0.5) is 22.0 Å². The molecule has 31 heavy (non-hydrogen) atoms. The third-order valence-electron chi connectivity index (χ3n) is 6.40. The fraction of sp³-hybridized carbons (Fsp3) is 0.435. The molecule has 3 heterocycles. The van der Waals surface area contributed by atoms with Crippen LogP contribution in [0.25, 0.3) is 0 Å². The molecule has 5 rings (SSSR count). The summed E-state index contributed by atoms with van der Waals surface area (Å²) in [6, 6.07) is 11.4. The Morgan fingerprint density at radius 3 is 2.87 bits per heavy atom. The van der Waals surface area contributed by atoms with Gasteiger partial charge in [0.25, 0.3) is 0 Å². The SMILES string of the molecule is O=C(Nc1ccccc1Cl)N1CCC[C@]2(C1)Nc1cccnc1NC2=NC1CCCC1. The first kappa shape index (κ1) is 20.1. The molecule has 2 aromatic rings. The lowest BCUT2D eigenvalue weighted by molar-refractivity contribution is 0.187. The van der Waals surface area contributed by atoms with Crippen LogP contribution in [-0.4, -0.2) is 46.4 Å². The summed E-state index contributed by atoms with van der Waals surface area (Å²) in [5.74, 6) is 1.70. The summed E-state index contributed by atoms with van der Waals surface area (Å²) in [6.45, 7) is 1.21. The first-order valence-electron chi connectivity index (χ1n) is 11.0. The van der Waals surface area contributed by atoms with E-state index < -0.39 is 5.54 Å². The number of aliphatic imine (C=N–C) groups is 1. The molecule has 1 aromatic heterocycles. The Kier molecular flexibility index (Phi) is 5.44. The van der Waals surface area contributed by atoms with E-state index in [4.69, 9.17) is 16.6 Å². The van der Waals surface area contributed by atoms with E-state index in [1.165, 1.54) is 12.8 Å². The van der Waals surface area contributed by atoms with Gasteiger partial charge in [0.1, 0.15) is 11.4 Å². The third kappa shape index (κ3) is 4.06. The topological polar surface area (TPSA) is 81.7 Å². The molecule has 1 aliphatic carbocycles. The van der Waals surface area contributed by atoms with Gasteiger partial charge >= 0.3 is 6.03 Å². The zero-order chi connectivity index (χ0) is 21.3. The average Bonchev–Trinajstić information content (AvgIpc) is 3.29. The molecule has 0 bridgehead atoms. The molecule has 1 aromatic carbocycles. The molecule has 162 valence electrons. The maximum absolute atomic E-state index is 13.1. The number of amides is 2. The molecule has 1 saturated carbocycles. The number of fused-ring (bicyclic) bond motifs is 1. The maximum atomic E-state index is 13.1. The molecule has 0 unspecified atom stereocenters. The van der Waals surface area contributed by atoms with Crippen LogP contribution in [0.1, 0.15) is 38.5 Å². The predicted molar refractivity (Wildman–Crippen MR) is 125 cm³/mol. The van der Waals surface area contributed by atoms with Gasteiger partial charge in [0.15, 0.2) is 5.82 Å². The van der Waals surface area contributed by atoms with Gasteiger partial charge in [0, 0.05) is 12.7 Å². The number of carbonyl (C=O) groups is 1. The van der Waals surface area contributed by atoms with Crippen LogP contribution < -0.4 is 16.0 Å². The van der Waals surface area contributed by atoms with Crippen molar-refractivity contribution in [2.45, 2.75) is 50.1 Å². The van der Waals surface area contributed by atoms with Crippen molar-refractivity contribution in [3.63, 3.8) is 0 Å². The lowest BCUT2D eigenvalue weighted by atomic mass is 9.85. The monoisotopic (exact) mass is 438 g/mol. The lowest BCUT2D eigenvalue weighted by Crippen LogP contribution is -2.63. The highest BCUT2D eigenvalue weighted by molar-refractivity contribution is 6.33. The standard InChI is InChI=1S/C23H27ClN6O/c24-17-9-3-4-10-18(17)27-22(31)30-14-6-12-23(15-30)21(26-16-7-1-2-8-16)28-20-19(29-23)11-5-13-25-20/h3-5,9-11,13,16,29H,1-2,6-8,12,14-15H2,(H,27,31)(H,25,26,28)/t23-/m1/s1. The van der Waals surface area contributed by atoms with Crippen molar-refractivity contribution in [1.29, 1.82) is 0 Å². The number of piperidine rings is 1. The molecule has 1 spiro atoms. The van der Waals surface area contributed by atoms with Gasteiger partial charge in [0.2, 0.25) is 0 Å². The summed E-state index contributed by atoms with van der Waals surface area (Å²) in [5, 5.41) is 10.7. The van der Waals surface area contributed by atoms with Crippen molar-refractivity contribution >= 4 is 40.7 Å². The van der Waals surface area contributed by atoms with Crippen LogP contribution in [-0.2, 0) is 0 Å². The Hall–Kier alpha value is -2.80. The van der Waals surface area contributed by atoms with E-state index in [1.54, 1.807) is 12.3 Å². The number of rotatable bonds is 2. The van der Waals surface area contributed by atoms with Crippen molar-refractivity contribution in [3.05, 3.63) is 47.6 Å². The summed E-state index contributed by atoms with van der Waals surface area (Å²) in [5.41, 5.74) is 1.12. The Morgan fingerprint density at radius 2 is 2.03 bits per heavy atom. The highest BCUT2D eigenvalue weighted by Gasteiger charge is 2.45. The number of halogens is 1. The van der Waals surface area contributed by atoms with Crippen molar-refractivity contribution in [2.75, 3.05) is 29.0 Å². The molecule has 2 aliphatic heterocycles. The third-order valence-corrected chi connectivity index (χ3v) is 6.73. The number of anilines is 3. The number of hydrogen-bond donors (Lipinski definition) is 3. The first-order chi connectivity index (χ1) is 15.1. The molecule has 8 heteroatoms. The van der Waals surface area contributed by atoms with Crippen LogP contribution in [0.3, 0.4) is 0 Å². The lowest BCUT2D eigenvalue weighted by Gasteiger charge is -2.47. The second-order valence-corrected chi connectivity index (χ2v) is 8.99. The van der Waals surface area contributed by atoms with Gasteiger partial charge in [-0.25, -0.2) is 9.78 Å². The molecule has 0 radical (unpaired) electrons. The van der Waals surface area contributed by atoms with Crippen LogP contribution in [0.2, 0.25) is 5.02 Å². The van der Waals surface area contributed by atoms with Crippen LogP contribution in [0, 0.1) is 0 Å². The Balaban J connectivity index is 1.42. The number of nitrogens with zero attached hydrogens (tertiary/aromatic N) is 3. The molecule has 7 nitrogen and oxygen atoms in total. The first-order valence-corrected chi connectivity index (χ1v) is 11.4. The van der Waals surface area contributed by atoms with E-state index in [0.29, 0.717) is 29.8 Å². The number of aromatic nitrogens is 1. The number of nitrogens with one attached hydrogen (secondary N) is 3. The van der Waals surface area contributed by atoms with E-state index >= 15 is 0 Å². The molecule has 3 N–H and O–H groups in total. The van der Waals surface area contributed by atoms with Gasteiger partial charge in [-0.05, 0) is 49.9 Å². The minimum atomic E-state index is -0.450. The highest BCUT2D eigenvalue weighted by atomic mass is 35.5. The van der Waals surface area contributed by atoms with Crippen molar-refractivity contribution in [1.82, 2.24) is 9.88 Å². The molecule has 2 fully saturated rings. The molecule has 1 atom stereocenters. The van der Waals surface area contributed by atoms with Gasteiger partial charge < -0.3 is 20.9 Å². The maximum Gasteiger partial charge on any atom is 0.321 e. The van der Waals surface area contributed by atoms with E-state index in [-0.39, 0.29) is 6.03 Å². The summed E-state index contributed by atoms with van der Waals surface area (Å²) < 4.78 is 0. The largest absolute Gasteiger partial charge is 0.368 e. The fourth-order valence-corrected chi connectivity index (χ4v) is 4.99. The summed E-state index contributed by atoms with van der Waals surface area (Å²) >= 11 is 6.24. The minimum absolute atomic E-state index is 0.147. The Bertz CT molecular complexity index is 1010. The Labute approximate surface area is 187 Å². The van der Waals surface area contributed by atoms with Gasteiger partial charge in [-0.15, -0.1) is 0 Å². The molecular formula is C23H27ClN6O. The van der Waals surface area contributed by atoms with Crippen LogP contribution >= 0.6 is 11.6 Å². The van der Waals surface area contributed by atoms with Gasteiger partial charge in [-0.1, -0.05) is 36.6 Å². The number of benzene rings is 1. The quantitative estimate of drug-likeness (QED) is 0.617. The van der Waals surface area contributed by atoms with Crippen molar-refractivity contribution in [3.8, 4) is 0 Å². The second-order valence-electron chi connectivity index (χ2n) is 8.58. The average molecular weight is 439 g/mol. The molecule has 3 aliphatic rings. The molecule has 2 amide bonds. The molecule has 1 saturated heterocycles. The summed E-state index contributed by atoms with van der Waals surface area (Å²) in [4.78, 5) is 24.6. The number of amidine groups is 1. The number of pyridine rings is 1. The number of urea groups is 1. The summed E-state index contributed by atoms with van der Waals surface area (Å²) in [6.07, 6.45) is 8.24. The van der Waals surface area contributed by atoms with Crippen molar-refractivity contribution in [2.24, 2.45) is 4.99 Å².